The molecule has 1 fully saturated rings. The Morgan fingerprint density at radius 1 is 1.10 bits per heavy atom. The Morgan fingerprint density at radius 2 is 1.96 bits per heavy atom. The summed E-state index contributed by atoms with van der Waals surface area (Å²) in [5.41, 5.74) is 3.61. The Balaban J connectivity index is 1.28. The third-order valence-electron chi connectivity index (χ3n) is 12.3. The Labute approximate surface area is 313 Å². The topological polar surface area (TPSA) is 111 Å². The van der Waals surface area contributed by atoms with E-state index in [4.69, 9.17) is 21.1 Å². The van der Waals surface area contributed by atoms with Crippen molar-refractivity contribution < 1.29 is 22.7 Å². The van der Waals surface area contributed by atoms with Crippen LogP contribution in [0.25, 0.3) is 0 Å². The van der Waals surface area contributed by atoms with Crippen LogP contribution in [0.4, 0.5) is 5.69 Å². The normalized spacial score (nSPS) is 29.9. The standard InChI is InChI=1S/C41H49ClN4O5S/c1-28-8-6-20-41(50-3,19-5-4-10-34-17-21-43-27-44-34)36-14-11-32(36)24-46-25-40(18-7-9-30-22-33(42)13-15-35(30)40)26-51-38-16-12-31(23-37(38)46)39(47)45-52(48,49)29(28)2/h12-13,15-17,21-23,27-29,32,36H,4,6-11,14,18,20,24-26H2,1-3H3,(H,45,47)/t28-,29+,32-,36+,40-,41-/m0/s1. The average Bonchev–Trinajstić information content (AvgIpc) is 3.27. The summed E-state index contributed by atoms with van der Waals surface area (Å²) in [6, 6.07) is 13.5. The molecule has 1 spiro atoms. The SMILES string of the molecule is CO[C@@]1(C#CCCc2ccncn2)CCC[C@H](C)[C@@H](C)S(=O)(=O)NC(=O)c2ccc3c(c2)N(C[C@@H]2CC[C@H]21)C[C@@]1(CCCc2cc(Cl)ccc21)CO3. The summed E-state index contributed by atoms with van der Waals surface area (Å²) in [7, 11) is -2.17. The van der Waals surface area contributed by atoms with Crippen LogP contribution >= 0.6 is 11.6 Å². The number of hydrogen-bond donors (Lipinski definition) is 1. The fourth-order valence-electron chi connectivity index (χ4n) is 8.96. The van der Waals surface area contributed by atoms with E-state index in [9.17, 15) is 13.2 Å². The molecule has 3 aromatic rings. The van der Waals surface area contributed by atoms with Crippen molar-refractivity contribution >= 4 is 33.2 Å². The number of rotatable bonds is 3. The van der Waals surface area contributed by atoms with E-state index < -0.39 is 26.8 Å². The largest absolute Gasteiger partial charge is 0.490 e. The van der Waals surface area contributed by atoms with Crippen LogP contribution in [0.5, 0.6) is 5.75 Å². The highest BCUT2D eigenvalue weighted by atomic mass is 35.5. The number of sulfonamides is 1. The van der Waals surface area contributed by atoms with Crippen LogP contribution in [0.2, 0.25) is 5.02 Å². The van der Waals surface area contributed by atoms with E-state index in [-0.39, 0.29) is 23.2 Å². The number of anilines is 1. The molecule has 9 nitrogen and oxygen atoms in total. The second kappa shape index (κ2) is 15.0. The van der Waals surface area contributed by atoms with Crippen molar-refractivity contribution in [1.29, 1.82) is 0 Å². The van der Waals surface area contributed by atoms with E-state index in [2.05, 4.69) is 43.6 Å². The van der Waals surface area contributed by atoms with Crippen molar-refractivity contribution in [2.75, 3.05) is 31.7 Å². The molecule has 2 aliphatic heterocycles. The lowest BCUT2D eigenvalue weighted by Gasteiger charge is -2.50. The van der Waals surface area contributed by atoms with E-state index in [0.29, 0.717) is 43.7 Å². The van der Waals surface area contributed by atoms with Crippen molar-refractivity contribution in [2.45, 2.75) is 94.3 Å². The zero-order valence-corrected chi connectivity index (χ0v) is 31.9. The van der Waals surface area contributed by atoms with Gasteiger partial charge < -0.3 is 14.4 Å². The zero-order valence-electron chi connectivity index (χ0n) is 30.4. The summed E-state index contributed by atoms with van der Waals surface area (Å²) < 4.78 is 42.7. The first-order valence-corrected chi connectivity index (χ1v) is 20.6. The minimum atomic E-state index is -3.95. The van der Waals surface area contributed by atoms with E-state index in [0.717, 1.165) is 67.9 Å². The Hall–Kier alpha value is -3.65. The smallest absolute Gasteiger partial charge is 0.264 e. The van der Waals surface area contributed by atoms with Gasteiger partial charge >= 0.3 is 0 Å². The van der Waals surface area contributed by atoms with Gasteiger partial charge in [0.05, 0.1) is 17.5 Å². The second-order valence-electron chi connectivity index (χ2n) is 15.4. The number of fused-ring (bicyclic) bond motifs is 4. The number of hydrogen-bond acceptors (Lipinski definition) is 8. The number of aromatic nitrogens is 2. The van der Waals surface area contributed by atoms with Crippen molar-refractivity contribution in [3.05, 3.63) is 82.4 Å². The first kappa shape index (κ1) is 36.7. The maximum Gasteiger partial charge on any atom is 0.264 e. The van der Waals surface area contributed by atoms with Gasteiger partial charge in [-0.25, -0.2) is 23.1 Å². The number of amides is 1. The van der Waals surface area contributed by atoms with Gasteiger partial charge in [-0.15, -0.1) is 0 Å². The van der Waals surface area contributed by atoms with Gasteiger partial charge in [-0.2, -0.15) is 0 Å². The molecule has 6 atom stereocenters. The highest BCUT2D eigenvalue weighted by molar-refractivity contribution is 7.90. The maximum atomic E-state index is 13.6. The van der Waals surface area contributed by atoms with Crippen LogP contribution in [-0.2, 0) is 33.0 Å². The second-order valence-corrected chi connectivity index (χ2v) is 17.9. The first-order chi connectivity index (χ1) is 25.0. The molecular weight excluding hydrogens is 696 g/mol. The summed E-state index contributed by atoms with van der Waals surface area (Å²) in [5, 5.41) is -0.0311. The summed E-state index contributed by atoms with van der Waals surface area (Å²) in [6.07, 6.45) is 11.8. The molecule has 4 aliphatic rings. The third-order valence-corrected chi connectivity index (χ3v) is 14.5. The van der Waals surface area contributed by atoms with Gasteiger partial charge in [-0.3, -0.25) is 4.79 Å². The Morgan fingerprint density at radius 3 is 2.73 bits per heavy atom. The van der Waals surface area contributed by atoms with Crippen LogP contribution < -0.4 is 14.4 Å². The van der Waals surface area contributed by atoms with Gasteiger partial charge in [0.2, 0.25) is 10.0 Å². The molecule has 276 valence electrons. The van der Waals surface area contributed by atoms with Gasteiger partial charge in [-0.1, -0.05) is 36.4 Å². The summed E-state index contributed by atoms with van der Waals surface area (Å²) >= 11 is 6.48. The number of carbonyl (C=O) groups is 1. The predicted molar refractivity (Wildman–Crippen MR) is 203 cm³/mol. The van der Waals surface area contributed by atoms with E-state index in [1.54, 1.807) is 32.6 Å². The molecular formula is C41H49ClN4O5S. The molecule has 0 unspecified atom stereocenters. The molecule has 1 saturated carbocycles. The van der Waals surface area contributed by atoms with Crippen LogP contribution in [0, 0.1) is 29.6 Å². The van der Waals surface area contributed by atoms with Gasteiger partial charge in [0.25, 0.3) is 5.91 Å². The number of ether oxygens (including phenoxy) is 2. The number of carbonyl (C=O) groups excluding carboxylic acids is 1. The summed E-state index contributed by atoms with van der Waals surface area (Å²) in [5.74, 6) is 7.47. The lowest BCUT2D eigenvalue weighted by Crippen LogP contribution is -2.53. The van der Waals surface area contributed by atoms with Gasteiger partial charge in [0.15, 0.2) is 0 Å². The van der Waals surface area contributed by atoms with Crippen LogP contribution in [0.3, 0.4) is 0 Å². The molecule has 2 aromatic carbocycles. The highest BCUT2D eigenvalue weighted by Crippen LogP contribution is 2.49. The third kappa shape index (κ3) is 7.29. The number of methoxy groups -OCH3 is 1. The van der Waals surface area contributed by atoms with E-state index >= 15 is 0 Å². The monoisotopic (exact) mass is 744 g/mol. The fourth-order valence-corrected chi connectivity index (χ4v) is 10.5. The number of nitrogens with zero attached hydrogens (tertiary/aromatic N) is 3. The number of nitrogens with one attached hydrogen (secondary N) is 1. The summed E-state index contributed by atoms with van der Waals surface area (Å²) in [4.78, 5) is 24.4. The molecule has 0 radical (unpaired) electrons. The van der Waals surface area contributed by atoms with Gasteiger partial charge in [0, 0.05) is 66.9 Å². The number of benzene rings is 2. The van der Waals surface area contributed by atoms with Crippen molar-refractivity contribution in [1.82, 2.24) is 14.7 Å². The average molecular weight is 745 g/mol. The lowest BCUT2D eigenvalue weighted by molar-refractivity contribution is -0.0743. The Bertz CT molecular complexity index is 1970. The molecule has 52 heavy (non-hydrogen) atoms. The molecule has 1 aromatic heterocycles. The first-order valence-electron chi connectivity index (χ1n) is 18.7. The summed E-state index contributed by atoms with van der Waals surface area (Å²) in [6.45, 7) is 5.55. The van der Waals surface area contributed by atoms with Crippen molar-refractivity contribution in [3.63, 3.8) is 0 Å². The molecule has 3 heterocycles. The molecule has 0 saturated heterocycles. The quantitative estimate of drug-likeness (QED) is 0.288. The highest BCUT2D eigenvalue weighted by Gasteiger charge is 2.49. The number of halogens is 1. The Kier molecular flexibility index (Phi) is 10.6. The molecule has 2 aliphatic carbocycles. The predicted octanol–water partition coefficient (Wildman–Crippen LogP) is 6.92. The van der Waals surface area contributed by atoms with Gasteiger partial charge in [-0.05, 0) is 118 Å². The number of aryl methyl sites for hydroxylation is 2. The van der Waals surface area contributed by atoms with E-state index in [1.165, 1.54) is 11.1 Å². The molecule has 1 amide bonds. The molecule has 1 N–H and O–H groups in total. The zero-order chi connectivity index (χ0) is 36.5. The molecule has 11 heteroatoms. The van der Waals surface area contributed by atoms with Crippen LogP contribution in [-0.4, -0.2) is 62.0 Å². The van der Waals surface area contributed by atoms with E-state index in [1.807, 2.05) is 31.2 Å². The maximum absolute atomic E-state index is 13.6. The van der Waals surface area contributed by atoms with Crippen LogP contribution in [0.1, 0.15) is 92.4 Å². The minimum Gasteiger partial charge on any atom is -0.490 e. The van der Waals surface area contributed by atoms with Crippen molar-refractivity contribution in [3.8, 4) is 17.6 Å². The molecule has 7 rings (SSSR count). The van der Waals surface area contributed by atoms with Crippen molar-refractivity contribution in [2.24, 2.45) is 17.8 Å². The fraction of sp³-hybridized carbons (Fsp3) is 0.537. The van der Waals surface area contributed by atoms with Crippen LogP contribution in [0.15, 0.2) is 55.0 Å². The minimum absolute atomic E-state index is 0.181. The molecule has 2 bridgehead atoms. The lowest BCUT2D eigenvalue weighted by atomic mass is 9.62. The van der Waals surface area contributed by atoms with Gasteiger partial charge in [0.1, 0.15) is 17.7 Å².